The van der Waals surface area contributed by atoms with Crippen molar-refractivity contribution in [2.45, 2.75) is 6.92 Å². The summed E-state index contributed by atoms with van der Waals surface area (Å²) in [6, 6.07) is 12.8. The highest BCUT2D eigenvalue weighted by Gasteiger charge is 2.13. The number of fused-ring (bicyclic) bond motifs is 1. The van der Waals surface area contributed by atoms with Crippen LogP contribution in [0.3, 0.4) is 0 Å². The van der Waals surface area contributed by atoms with Crippen molar-refractivity contribution < 1.29 is 9.53 Å². The minimum absolute atomic E-state index is 0.363. The van der Waals surface area contributed by atoms with E-state index >= 15 is 0 Å². The maximum atomic E-state index is 11.6. The average molecular weight is 396 g/mol. The van der Waals surface area contributed by atoms with Crippen molar-refractivity contribution in [2.24, 2.45) is 0 Å². The number of carbonyl (C=O) groups is 1. The molecule has 0 aliphatic rings. The number of methoxy groups -OCH3 is 1. The number of aromatic nitrogens is 3. The summed E-state index contributed by atoms with van der Waals surface area (Å²) in [7, 11) is 1.36. The van der Waals surface area contributed by atoms with Gasteiger partial charge in [-0.15, -0.1) is 11.3 Å². The van der Waals surface area contributed by atoms with E-state index in [0.717, 1.165) is 27.9 Å². The lowest BCUT2D eigenvalue weighted by Crippen LogP contribution is -2.00. The first kappa shape index (κ1) is 17.6. The third-order valence-corrected chi connectivity index (χ3v) is 5.31. The van der Waals surface area contributed by atoms with Crippen molar-refractivity contribution in [1.82, 2.24) is 15.0 Å². The summed E-state index contributed by atoms with van der Waals surface area (Å²) < 4.78 is 4.72. The van der Waals surface area contributed by atoms with Crippen LogP contribution in [0.15, 0.2) is 47.8 Å². The van der Waals surface area contributed by atoms with Gasteiger partial charge in [0, 0.05) is 22.0 Å². The maximum absolute atomic E-state index is 11.6. The summed E-state index contributed by atoms with van der Waals surface area (Å²) in [5, 5.41) is 4.18. The largest absolute Gasteiger partial charge is 0.465 e. The molecule has 0 atom stereocenters. The second-order valence-electron chi connectivity index (χ2n) is 5.88. The van der Waals surface area contributed by atoms with Crippen LogP contribution in [0.1, 0.15) is 16.1 Å². The smallest absolute Gasteiger partial charge is 0.337 e. The van der Waals surface area contributed by atoms with Crippen LogP contribution < -0.4 is 0 Å². The first-order chi connectivity index (χ1) is 13.1. The Kier molecular flexibility index (Phi) is 4.59. The fraction of sp³-hybridized carbons (Fsp3) is 0.100. The van der Waals surface area contributed by atoms with Crippen LogP contribution in [-0.4, -0.2) is 28.0 Å². The summed E-state index contributed by atoms with van der Waals surface area (Å²) in [6.07, 6.45) is 0. The second-order valence-corrected chi connectivity index (χ2v) is 7.14. The molecule has 0 fully saturated rings. The van der Waals surface area contributed by atoms with Crippen molar-refractivity contribution in [3.05, 3.63) is 64.1 Å². The minimum Gasteiger partial charge on any atom is -0.465 e. The van der Waals surface area contributed by atoms with Gasteiger partial charge in [0.15, 0.2) is 10.8 Å². The molecule has 0 N–H and O–H groups in total. The molecular weight excluding hydrogens is 382 g/mol. The fourth-order valence-electron chi connectivity index (χ4n) is 2.77. The van der Waals surface area contributed by atoms with Gasteiger partial charge in [-0.1, -0.05) is 35.9 Å². The summed E-state index contributed by atoms with van der Waals surface area (Å²) in [4.78, 5) is 25.4. The molecule has 0 radical (unpaired) electrons. The van der Waals surface area contributed by atoms with Gasteiger partial charge >= 0.3 is 5.97 Å². The molecule has 0 amide bonds. The first-order valence-corrected chi connectivity index (χ1v) is 9.40. The molecule has 4 rings (SSSR count). The molecule has 2 heterocycles. The molecule has 4 aromatic rings. The Labute approximate surface area is 164 Å². The van der Waals surface area contributed by atoms with E-state index in [4.69, 9.17) is 16.3 Å². The van der Waals surface area contributed by atoms with Gasteiger partial charge in [-0.2, -0.15) is 0 Å². The van der Waals surface area contributed by atoms with Crippen LogP contribution in [0.25, 0.3) is 33.0 Å². The molecule has 134 valence electrons. The molecular formula is C20H14ClN3O2S. The van der Waals surface area contributed by atoms with Gasteiger partial charge in [-0.25, -0.2) is 19.7 Å². The molecule has 2 aromatic heterocycles. The molecule has 0 spiro atoms. The van der Waals surface area contributed by atoms with E-state index in [2.05, 4.69) is 15.0 Å². The molecule has 0 aliphatic heterocycles. The van der Waals surface area contributed by atoms with Gasteiger partial charge in [0.2, 0.25) is 0 Å². The van der Waals surface area contributed by atoms with Crippen LogP contribution in [-0.2, 0) is 4.74 Å². The third-order valence-electron chi connectivity index (χ3n) is 4.17. The molecule has 0 saturated heterocycles. The molecule has 2 aromatic carbocycles. The molecule has 5 nitrogen and oxygen atoms in total. The predicted octanol–water partition coefficient (Wildman–Crippen LogP) is 5.17. The van der Waals surface area contributed by atoms with Gasteiger partial charge in [0.05, 0.1) is 28.9 Å². The van der Waals surface area contributed by atoms with Crippen molar-refractivity contribution in [3.63, 3.8) is 0 Å². The van der Waals surface area contributed by atoms with Gasteiger partial charge in [0.1, 0.15) is 0 Å². The highest BCUT2D eigenvalue weighted by Crippen LogP contribution is 2.30. The van der Waals surface area contributed by atoms with Gasteiger partial charge < -0.3 is 4.74 Å². The number of hydrogen-bond donors (Lipinski definition) is 0. The Morgan fingerprint density at radius 2 is 1.85 bits per heavy atom. The predicted molar refractivity (Wildman–Crippen MR) is 107 cm³/mol. The number of ether oxygens (including phenoxy) is 1. The van der Waals surface area contributed by atoms with E-state index in [1.165, 1.54) is 18.4 Å². The van der Waals surface area contributed by atoms with Gasteiger partial charge in [0.25, 0.3) is 0 Å². The zero-order valence-electron chi connectivity index (χ0n) is 14.6. The summed E-state index contributed by atoms with van der Waals surface area (Å²) in [6.45, 7) is 1.93. The Morgan fingerprint density at radius 3 is 2.59 bits per heavy atom. The number of para-hydroxylation sites is 1. The monoisotopic (exact) mass is 395 g/mol. The van der Waals surface area contributed by atoms with Crippen molar-refractivity contribution >= 4 is 39.8 Å². The molecule has 27 heavy (non-hydrogen) atoms. The maximum Gasteiger partial charge on any atom is 0.337 e. The highest BCUT2D eigenvalue weighted by atomic mass is 35.5. The average Bonchev–Trinajstić information content (AvgIpc) is 3.18. The summed E-state index contributed by atoms with van der Waals surface area (Å²) in [5.41, 5.74) is 3.78. The van der Waals surface area contributed by atoms with Crippen LogP contribution >= 0.6 is 22.9 Å². The lowest BCUT2D eigenvalue weighted by molar-refractivity contribution is 0.0601. The Balaban J connectivity index is 1.71. The summed E-state index contributed by atoms with van der Waals surface area (Å²) >= 11 is 7.76. The highest BCUT2D eigenvalue weighted by molar-refractivity contribution is 7.13. The first-order valence-electron chi connectivity index (χ1n) is 8.14. The van der Waals surface area contributed by atoms with E-state index in [-0.39, 0.29) is 5.97 Å². The van der Waals surface area contributed by atoms with E-state index in [9.17, 15) is 4.79 Å². The summed E-state index contributed by atoms with van der Waals surface area (Å²) in [5.74, 6) is 0.188. The molecule has 7 heteroatoms. The van der Waals surface area contributed by atoms with E-state index in [1.807, 2.05) is 42.6 Å². The number of nitrogens with zero attached hydrogens (tertiary/aromatic N) is 3. The number of benzene rings is 2. The number of halogens is 1. The molecule has 0 unspecified atom stereocenters. The quantitative estimate of drug-likeness (QED) is 0.448. The SMILES string of the molecule is COC(=O)c1ccc(-c2csc(-c3nc(C)c4cccc(Cl)c4n3)n2)cc1. The molecule has 0 saturated carbocycles. The van der Waals surface area contributed by atoms with Crippen LogP contribution in [0, 0.1) is 6.92 Å². The Hall–Kier alpha value is -2.83. The molecule has 0 aliphatic carbocycles. The normalized spacial score (nSPS) is 10.9. The zero-order chi connectivity index (χ0) is 19.0. The minimum atomic E-state index is -0.363. The fourth-order valence-corrected chi connectivity index (χ4v) is 3.75. The number of thiazole rings is 1. The van der Waals surface area contributed by atoms with Crippen molar-refractivity contribution in [1.29, 1.82) is 0 Å². The van der Waals surface area contributed by atoms with E-state index in [0.29, 0.717) is 21.4 Å². The van der Waals surface area contributed by atoms with Crippen LogP contribution in [0.2, 0.25) is 5.02 Å². The Bertz CT molecular complexity index is 1160. The third kappa shape index (κ3) is 3.29. The lowest BCUT2D eigenvalue weighted by Gasteiger charge is -2.05. The van der Waals surface area contributed by atoms with Crippen molar-refractivity contribution in [3.8, 4) is 22.1 Å². The van der Waals surface area contributed by atoms with Crippen LogP contribution in [0.5, 0.6) is 0 Å². The zero-order valence-corrected chi connectivity index (χ0v) is 16.1. The number of carbonyl (C=O) groups excluding carboxylic acids is 1. The van der Waals surface area contributed by atoms with Crippen molar-refractivity contribution in [2.75, 3.05) is 7.11 Å². The number of esters is 1. The number of aryl methyl sites for hydroxylation is 1. The lowest BCUT2D eigenvalue weighted by atomic mass is 10.1. The van der Waals surface area contributed by atoms with E-state index in [1.54, 1.807) is 12.1 Å². The van der Waals surface area contributed by atoms with Crippen LogP contribution in [0.4, 0.5) is 0 Å². The van der Waals surface area contributed by atoms with Gasteiger partial charge in [-0.3, -0.25) is 0 Å². The van der Waals surface area contributed by atoms with Gasteiger partial charge in [-0.05, 0) is 25.1 Å². The molecule has 0 bridgehead atoms. The second kappa shape index (κ2) is 7.06. The standard InChI is InChI=1S/C20H14ClN3O2S/c1-11-14-4-3-5-15(21)17(14)24-18(22-11)19-23-16(10-27-19)12-6-8-13(9-7-12)20(25)26-2/h3-10H,1-2H3. The topological polar surface area (TPSA) is 65.0 Å². The number of rotatable bonds is 3. The van der Waals surface area contributed by atoms with E-state index < -0.39 is 0 Å². The number of hydrogen-bond acceptors (Lipinski definition) is 6. The Morgan fingerprint density at radius 1 is 1.07 bits per heavy atom.